The Morgan fingerprint density at radius 3 is 1.22 bits per heavy atom. The minimum absolute atomic E-state index is 0. The largest absolute Gasteiger partial charge is 2.00 e. The molecule has 0 aliphatic carbocycles. The van der Waals surface area contributed by atoms with Crippen LogP contribution in [0.15, 0.2) is 48.8 Å². The van der Waals surface area contributed by atoms with E-state index in [0.717, 1.165) is 23.3 Å². The molecular weight excluding hydrogens is 685 g/mol. The van der Waals surface area contributed by atoms with Gasteiger partial charge in [-0.3, -0.25) is 23.5 Å². The van der Waals surface area contributed by atoms with E-state index in [1.807, 2.05) is 13.8 Å². The second-order valence-corrected chi connectivity index (χ2v) is 6.66. The van der Waals surface area contributed by atoms with Crippen molar-refractivity contribution in [1.29, 1.82) is 0 Å². The van der Waals surface area contributed by atoms with Crippen molar-refractivity contribution in [2.45, 2.75) is 26.2 Å². The Bertz CT molecular complexity index is 1150. The van der Waals surface area contributed by atoms with Crippen molar-refractivity contribution in [3.05, 3.63) is 71.3 Å². The van der Waals surface area contributed by atoms with Crippen LogP contribution < -0.4 is 10.2 Å². The van der Waals surface area contributed by atoms with Crippen LogP contribution in [0.3, 0.4) is 0 Å². The van der Waals surface area contributed by atoms with Crippen LogP contribution in [0.1, 0.15) is 22.5 Å². The topological polar surface area (TPSA) is 114 Å². The summed E-state index contributed by atoms with van der Waals surface area (Å²) in [5, 5.41) is 13.1. The van der Waals surface area contributed by atoms with E-state index in [1.54, 1.807) is 24.3 Å². The molecule has 15 heteroatoms. The standard InChI is InChI=1S/2C10H7F3N3.2CHO.Os/c2*1-6-2-3-14-7(4-6)8-5-9(16-15-8)10(11,12)13;2*1-2;/h2*2-5H,1H3;2*1H;/q4*-1;+2. The van der Waals surface area contributed by atoms with Crippen LogP contribution in [0.2, 0.25) is 0 Å². The summed E-state index contributed by atoms with van der Waals surface area (Å²) in [5.41, 5.74) is 0.873. The van der Waals surface area contributed by atoms with E-state index in [-0.39, 0.29) is 31.2 Å². The average molecular weight is 701 g/mol. The number of alkyl halides is 6. The molecule has 0 saturated carbocycles. The first kappa shape index (κ1) is 33.3. The fourth-order valence-electron chi connectivity index (χ4n) is 2.47. The zero-order valence-electron chi connectivity index (χ0n) is 18.9. The van der Waals surface area contributed by atoms with Crippen LogP contribution in [0.25, 0.3) is 22.8 Å². The van der Waals surface area contributed by atoms with Gasteiger partial charge < -0.3 is 30.0 Å². The molecule has 4 heterocycles. The molecule has 0 aromatic carbocycles. The molecule has 4 rings (SSSR count). The van der Waals surface area contributed by atoms with Gasteiger partial charge in [0.05, 0.1) is 0 Å². The average Bonchev–Trinajstić information content (AvgIpc) is 3.53. The van der Waals surface area contributed by atoms with Gasteiger partial charge in [-0.1, -0.05) is 11.4 Å². The van der Waals surface area contributed by atoms with Crippen molar-refractivity contribution < 1.29 is 55.7 Å². The van der Waals surface area contributed by atoms with E-state index in [1.165, 1.54) is 12.4 Å². The summed E-state index contributed by atoms with van der Waals surface area (Å²) in [6, 6.07) is 8.60. The molecule has 0 aliphatic rings. The van der Waals surface area contributed by atoms with Gasteiger partial charge in [0, 0.05) is 23.8 Å². The molecule has 0 bridgehead atoms. The van der Waals surface area contributed by atoms with Crippen LogP contribution in [-0.4, -0.2) is 33.7 Å². The van der Waals surface area contributed by atoms with E-state index in [2.05, 4.69) is 43.9 Å². The Kier molecular flexibility index (Phi) is 13.3. The predicted molar refractivity (Wildman–Crippen MR) is 115 cm³/mol. The zero-order chi connectivity index (χ0) is 27.5. The second kappa shape index (κ2) is 14.7. The van der Waals surface area contributed by atoms with Crippen molar-refractivity contribution in [2.75, 3.05) is 0 Å². The Hall–Kier alpha value is -3.72. The van der Waals surface area contributed by atoms with Gasteiger partial charge in [-0.15, -0.1) is 0 Å². The van der Waals surface area contributed by atoms with Gasteiger partial charge in [-0.05, 0) is 61.4 Å². The number of hydrogen-bond acceptors (Lipinski definition) is 6. The van der Waals surface area contributed by atoms with E-state index >= 15 is 0 Å². The smallest absolute Gasteiger partial charge is 0.573 e. The van der Waals surface area contributed by atoms with E-state index in [9.17, 15) is 26.3 Å². The maximum absolute atomic E-state index is 12.3. The van der Waals surface area contributed by atoms with Gasteiger partial charge in [0.2, 0.25) is 0 Å². The number of carbonyl (C=O) groups excluding carboxylic acids is 2. The van der Waals surface area contributed by atoms with Crippen molar-refractivity contribution in [2.24, 2.45) is 0 Å². The van der Waals surface area contributed by atoms with Crippen LogP contribution >= 0.6 is 0 Å². The van der Waals surface area contributed by atoms with Crippen LogP contribution in [-0.2, 0) is 41.7 Å². The zero-order valence-corrected chi connectivity index (χ0v) is 21.4. The van der Waals surface area contributed by atoms with Crippen LogP contribution in [0, 0.1) is 13.8 Å². The number of hydrogen-bond donors (Lipinski definition) is 0. The number of rotatable bonds is 2. The predicted octanol–water partition coefficient (Wildman–Crippen LogP) is 4.31. The molecule has 0 atom stereocenters. The molecule has 4 aromatic heterocycles. The number of halogens is 6. The molecule has 8 nitrogen and oxygen atoms in total. The maximum Gasteiger partial charge on any atom is 2.00 e. The Morgan fingerprint density at radius 2 is 0.973 bits per heavy atom. The molecule has 0 N–H and O–H groups in total. The molecule has 198 valence electrons. The quantitative estimate of drug-likeness (QED) is 0.173. The SMILES string of the molecule is Cc1ccnc(-c2cc(C(F)(F)F)n[n-]2)c1.Cc1ccnc(-c2cc(C(F)(F)F)n[n-]2)c1.[CH-]=O.[CH-]=O.[Os+2]. The summed E-state index contributed by atoms with van der Waals surface area (Å²) in [4.78, 5) is 23.4. The van der Waals surface area contributed by atoms with Gasteiger partial charge >= 0.3 is 32.1 Å². The molecule has 0 saturated heterocycles. The van der Waals surface area contributed by atoms with Crippen LogP contribution in [0.4, 0.5) is 26.3 Å². The third-order valence-corrected chi connectivity index (χ3v) is 4.01. The number of pyridine rings is 2. The van der Waals surface area contributed by atoms with Gasteiger partial charge in [0.15, 0.2) is 0 Å². The monoisotopic (exact) mass is 702 g/mol. The fourth-order valence-corrected chi connectivity index (χ4v) is 2.47. The van der Waals surface area contributed by atoms with E-state index in [0.29, 0.717) is 11.4 Å². The third-order valence-electron chi connectivity index (χ3n) is 4.01. The first-order valence-corrected chi connectivity index (χ1v) is 9.42. The van der Waals surface area contributed by atoms with Crippen molar-refractivity contribution in [3.63, 3.8) is 0 Å². The summed E-state index contributed by atoms with van der Waals surface area (Å²) < 4.78 is 73.6. The molecular formula is C22H16F6N6O2Os-2. The summed E-state index contributed by atoms with van der Waals surface area (Å²) >= 11 is 0. The van der Waals surface area contributed by atoms with Gasteiger partial charge in [0.25, 0.3) is 0 Å². The van der Waals surface area contributed by atoms with Gasteiger partial charge in [0.1, 0.15) is 11.4 Å². The van der Waals surface area contributed by atoms with Gasteiger partial charge in [-0.25, -0.2) is 0 Å². The molecule has 0 amide bonds. The molecule has 0 radical (unpaired) electrons. The first-order chi connectivity index (χ1) is 16.9. The second-order valence-electron chi connectivity index (χ2n) is 6.66. The van der Waals surface area contributed by atoms with Crippen LogP contribution in [0.5, 0.6) is 0 Å². The number of aryl methyl sites for hydroxylation is 2. The number of nitrogens with zero attached hydrogens (tertiary/aromatic N) is 6. The van der Waals surface area contributed by atoms with Crippen molar-refractivity contribution >= 4 is 13.6 Å². The Balaban J connectivity index is 0.000000603. The Labute approximate surface area is 220 Å². The normalized spacial score (nSPS) is 10.4. The van der Waals surface area contributed by atoms with Gasteiger partial charge in [-0.2, -0.15) is 26.3 Å². The van der Waals surface area contributed by atoms with Crippen molar-refractivity contribution in [3.8, 4) is 22.8 Å². The van der Waals surface area contributed by atoms with E-state index in [4.69, 9.17) is 9.59 Å². The number of aromatic nitrogens is 6. The minimum atomic E-state index is -4.46. The molecule has 0 unspecified atom stereocenters. The van der Waals surface area contributed by atoms with E-state index < -0.39 is 23.7 Å². The Morgan fingerprint density at radius 1 is 0.649 bits per heavy atom. The first-order valence-electron chi connectivity index (χ1n) is 9.42. The maximum atomic E-state index is 12.3. The summed E-state index contributed by atoms with van der Waals surface area (Å²) in [7, 11) is 0. The molecule has 0 fully saturated rings. The molecule has 37 heavy (non-hydrogen) atoms. The minimum Gasteiger partial charge on any atom is -0.573 e. The summed E-state index contributed by atoms with van der Waals surface area (Å²) in [6.07, 6.45) is -5.89. The fraction of sp³-hybridized carbons (Fsp3) is 0.182. The molecule has 0 spiro atoms. The summed E-state index contributed by atoms with van der Waals surface area (Å²) in [5.74, 6) is 0. The molecule has 4 aromatic rings. The third kappa shape index (κ3) is 10.0. The van der Waals surface area contributed by atoms with Crippen molar-refractivity contribution in [1.82, 2.24) is 30.4 Å². The summed E-state index contributed by atoms with van der Waals surface area (Å²) in [6.45, 7) is 10.2. The molecule has 0 aliphatic heterocycles.